The van der Waals surface area contributed by atoms with E-state index in [0.29, 0.717) is 6.73 Å². The van der Waals surface area contributed by atoms with Crippen LogP contribution in [0.5, 0.6) is 0 Å². The van der Waals surface area contributed by atoms with Crippen molar-refractivity contribution in [2.24, 2.45) is 11.8 Å². The van der Waals surface area contributed by atoms with Gasteiger partial charge in [-0.15, -0.1) is 0 Å². The summed E-state index contributed by atoms with van der Waals surface area (Å²) < 4.78 is 0. The number of nitrogens with one attached hydrogen (secondary N) is 3. The van der Waals surface area contributed by atoms with Crippen LogP contribution in [-0.2, 0) is 4.84 Å². The van der Waals surface area contributed by atoms with Crippen LogP contribution in [-0.4, -0.2) is 48.0 Å². The zero-order valence-corrected chi connectivity index (χ0v) is 12.7. The van der Waals surface area contributed by atoms with Gasteiger partial charge < -0.3 is 10.2 Å². The van der Waals surface area contributed by atoms with Gasteiger partial charge in [-0.05, 0) is 56.0 Å². The van der Waals surface area contributed by atoms with Crippen molar-refractivity contribution in [2.45, 2.75) is 12.8 Å². The van der Waals surface area contributed by atoms with E-state index in [1.54, 1.807) is 0 Å². The normalized spacial score (nSPS) is 27.4. The van der Waals surface area contributed by atoms with Crippen LogP contribution in [0, 0.1) is 11.8 Å². The summed E-state index contributed by atoms with van der Waals surface area (Å²) in [7, 11) is 0. The molecule has 2 aromatic rings. The third-order valence-electron chi connectivity index (χ3n) is 5.03. The Labute approximate surface area is 130 Å². The zero-order valence-electron chi connectivity index (χ0n) is 12.7. The van der Waals surface area contributed by atoms with Gasteiger partial charge in [-0.3, -0.25) is 9.94 Å². The Kier molecular flexibility index (Phi) is 3.97. The van der Waals surface area contributed by atoms with E-state index >= 15 is 0 Å². The first-order valence-corrected chi connectivity index (χ1v) is 8.12. The van der Waals surface area contributed by atoms with Crippen molar-refractivity contribution in [3.05, 3.63) is 24.4 Å². The first-order chi connectivity index (χ1) is 10.9. The molecule has 3 aliphatic heterocycles. The first-order valence-electron chi connectivity index (χ1n) is 8.12. The van der Waals surface area contributed by atoms with Crippen molar-refractivity contribution >= 4 is 16.6 Å². The predicted molar refractivity (Wildman–Crippen MR) is 86.3 cm³/mol. The molecule has 0 spiro atoms. The van der Waals surface area contributed by atoms with Crippen LogP contribution in [0.2, 0.25) is 0 Å². The highest BCUT2D eigenvalue weighted by atomic mass is 16.7. The van der Waals surface area contributed by atoms with Gasteiger partial charge in [-0.2, -0.15) is 5.10 Å². The number of aromatic nitrogens is 2. The van der Waals surface area contributed by atoms with Gasteiger partial charge >= 0.3 is 0 Å². The first kappa shape index (κ1) is 14.0. The summed E-state index contributed by atoms with van der Waals surface area (Å²) in [6, 6.07) is 6.11. The summed E-state index contributed by atoms with van der Waals surface area (Å²) >= 11 is 0. The molecular weight excluding hydrogens is 278 g/mol. The van der Waals surface area contributed by atoms with Crippen molar-refractivity contribution in [3.63, 3.8) is 0 Å². The number of anilines is 1. The Morgan fingerprint density at radius 2 is 2.23 bits per heavy atom. The average molecular weight is 301 g/mol. The molecule has 5 rings (SSSR count). The number of benzene rings is 1. The fourth-order valence-corrected chi connectivity index (χ4v) is 3.71. The van der Waals surface area contributed by atoms with Crippen molar-refractivity contribution in [1.29, 1.82) is 0 Å². The lowest BCUT2D eigenvalue weighted by Gasteiger charge is -2.44. The van der Waals surface area contributed by atoms with Crippen LogP contribution < -0.4 is 10.8 Å². The van der Waals surface area contributed by atoms with Gasteiger partial charge in [0.1, 0.15) is 6.73 Å². The summed E-state index contributed by atoms with van der Waals surface area (Å²) in [4.78, 5) is 8.11. The molecule has 118 valence electrons. The molecule has 3 aliphatic rings. The number of nitrogens with zero attached hydrogens (tertiary/aromatic N) is 2. The molecular formula is C16H23N5O. The van der Waals surface area contributed by atoms with Gasteiger partial charge in [-0.1, -0.05) is 0 Å². The lowest BCUT2D eigenvalue weighted by atomic mass is 9.79. The second-order valence-corrected chi connectivity index (χ2v) is 6.38. The molecule has 1 aromatic carbocycles. The van der Waals surface area contributed by atoms with Crippen molar-refractivity contribution in [3.8, 4) is 0 Å². The Hall–Kier alpha value is -1.63. The molecule has 2 bridgehead atoms. The molecule has 0 amide bonds. The van der Waals surface area contributed by atoms with Crippen LogP contribution in [0.1, 0.15) is 12.8 Å². The maximum absolute atomic E-state index is 5.54. The molecule has 4 heterocycles. The second kappa shape index (κ2) is 6.24. The van der Waals surface area contributed by atoms with Crippen LogP contribution in [0.15, 0.2) is 24.4 Å². The molecule has 3 fully saturated rings. The predicted octanol–water partition coefficient (Wildman–Crippen LogP) is 1.80. The molecule has 0 radical (unpaired) electrons. The highest BCUT2D eigenvalue weighted by molar-refractivity contribution is 5.81. The van der Waals surface area contributed by atoms with E-state index < -0.39 is 0 Å². The number of H-pyrrole nitrogens is 1. The van der Waals surface area contributed by atoms with E-state index in [4.69, 9.17) is 4.84 Å². The summed E-state index contributed by atoms with van der Waals surface area (Å²) in [6.45, 7) is 5.22. The third-order valence-corrected chi connectivity index (χ3v) is 5.03. The molecule has 0 saturated carbocycles. The largest absolute Gasteiger partial charge is 0.361 e. The minimum atomic E-state index is 0.463. The van der Waals surface area contributed by atoms with Gasteiger partial charge in [0.2, 0.25) is 0 Å². The summed E-state index contributed by atoms with van der Waals surface area (Å²) in [5.74, 6) is 1.63. The Balaban J connectivity index is 1.19. The number of rotatable bonds is 6. The molecule has 3 saturated heterocycles. The van der Waals surface area contributed by atoms with Crippen molar-refractivity contribution < 1.29 is 4.84 Å². The zero-order chi connectivity index (χ0) is 14.8. The maximum atomic E-state index is 5.54. The fourth-order valence-electron chi connectivity index (χ4n) is 3.71. The van der Waals surface area contributed by atoms with Crippen LogP contribution >= 0.6 is 0 Å². The van der Waals surface area contributed by atoms with E-state index in [0.717, 1.165) is 35.0 Å². The van der Waals surface area contributed by atoms with E-state index in [9.17, 15) is 0 Å². The molecule has 22 heavy (non-hydrogen) atoms. The lowest BCUT2D eigenvalue weighted by molar-refractivity contribution is -0.00110. The highest BCUT2D eigenvalue weighted by Gasteiger charge is 2.33. The van der Waals surface area contributed by atoms with Gasteiger partial charge in [0.15, 0.2) is 0 Å². The fraction of sp³-hybridized carbons (Fsp3) is 0.562. The van der Waals surface area contributed by atoms with E-state index in [-0.39, 0.29) is 0 Å². The molecule has 1 unspecified atom stereocenters. The Morgan fingerprint density at radius 1 is 1.32 bits per heavy atom. The Morgan fingerprint density at radius 3 is 3.05 bits per heavy atom. The van der Waals surface area contributed by atoms with Crippen LogP contribution in [0.3, 0.4) is 0 Å². The van der Waals surface area contributed by atoms with Gasteiger partial charge in [-0.25, -0.2) is 5.48 Å². The Bertz CT molecular complexity index is 620. The van der Waals surface area contributed by atoms with Gasteiger partial charge in [0.25, 0.3) is 0 Å². The van der Waals surface area contributed by atoms with Gasteiger partial charge in [0.05, 0.1) is 11.7 Å². The minimum Gasteiger partial charge on any atom is -0.361 e. The van der Waals surface area contributed by atoms with Crippen LogP contribution in [0.25, 0.3) is 10.9 Å². The maximum Gasteiger partial charge on any atom is 0.137 e. The van der Waals surface area contributed by atoms with Crippen molar-refractivity contribution in [1.82, 2.24) is 20.6 Å². The monoisotopic (exact) mass is 301 g/mol. The summed E-state index contributed by atoms with van der Waals surface area (Å²) in [5.41, 5.74) is 5.22. The summed E-state index contributed by atoms with van der Waals surface area (Å²) in [6.07, 6.45) is 4.54. The number of piperidine rings is 3. The lowest BCUT2D eigenvalue weighted by Crippen LogP contribution is -2.50. The smallest absolute Gasteiger partial charge is 0.137 e. The molecule has 3 N–H and O–H groups in total. The second-order valence-electron chi connectivity index (χ2n) is 6.38. The van der Waals surface area contributed by atoms with E-state index in [1.807, 2.05) is 18.3 Å². The van der Waals surface area contributed by atoms with Crippen LogP contribution in [0.4, 0.5) is 5.69 Å². The number of fused-ring (bicyclic) bond motifs is 4. The molecule has 6 nitrogen and oxygen atoms in total. The minimum absolute atomic E-state index is 0.463. The molecule has 1 atom stereocenters. The third kappa shape index (κ3) is 2.95. The highest BCUT2D eigenvalue weighted by Crippen LogP contribution is 2.31. The van der Waals surface area contributed by atoms with E-state index in [2.05, 4.69) is 32.0 Å². The molecule has 1 aromatic heterocycles. The topological polar surface area (TPSA) is 65.2 Å². The SMILES string of the molecule is c1cc2[nH]ncc2cc1NCONCC1CN2CCC1CC2. The number of hydroxylamine groups is 1. The average Bonchev–Trinajstić information content (AvgIpc) is 3.03. The number of aromatic amines is 1. The molecule has 6 heteroatoms. The van der Waals surface area contributed by atoms with E-state index in [1.165, 1.54) is 32.5 Å². The number of hydrogen-bond donors (Lipinski definition) is 3. The van der Waals surface area contributed by atoms with Crippen molar-refractivity contribution in [2.75, 3.05) is 38.2 Å². The number of hydrogen-bond acceptors (Lipinski definition) is 5. The standard InChI is InChI=1S/C16H23N5O/c1-2-16-13(8-18-20-16)7-15(1)17-11-22-19-9-14-10-21-5-3-12(14)4-6-21/h1-2,7-8,12,14,17,19H,3-6,9-11H2,(H,18,20). The summed E-state index contributed by atoms with van der Waals surface area (Å²) in [5, 5.41) is 11.3. The van der Waals surface area contributed by atoms with Gasteiger partial charge in [0, 0.05) is 24.2 Å². The quantitative estimate of drug-likeness (QED) is 0.431. The molecule has 0 aliphatic carbocycles.